The van der Waals surface area contributed by atoms with Gasteiger partial charge in [0.2, 0.25) is 5.95 Å². The lowest BCUT2D eigenvalue weighted by Crippen LogP contribution is -2.22. The van der Waals surface area contributed by atoms with Gasteiger partial charge in [-0.3, -0.25) is 4.79 Å². The number of nitrogens with one attached hydrogen (secondary N) is 1. The molecule has 11 heteroatoms. The molecule has 0 bridgehead atoms. The highest BCUT2D eigenvalue weighted by atomic mass is 19.4. The Labute approximate surface area is 213 Å². The normalized spacial score (nSPS) is 11.7. The predicted molar refractivity (Wildman–Crippen MR) is 136 cm³/mol. The summed E-state index contributed by atoms with van der Waals surface area (Å²) in [5, 5.41) is 3.65. The first-order valence-corrected chi connectivity index (χ1v) is 11.4. The Morgan fingerprint density at radius 1 is 1.08 bits per heavy atom. The molecule has 2 aromatic heterocycles. The summed E-state index contributed by atoms with van der Waals surface area (Å²) in [6, 6.07) is 16.5. The van der Waals surface area contributed by atoms with Crippen LogP contribution in [-0.2, 0) is 6.54 Å². The van der Waals surface area contributed by atoms with Crippen molar-refractivity contribution in [2.75, 3.05) is 5.32 Å². The number of rotatable bonds is 6. The van der Waals surface area contributed by atoms with Crippen LogP contribution < -0.4 is 21.4 Å². The predicted octanol–water partition coefficient (Wildman–Crippen LogP) is 5.55. The number of amides is 1. The van der Waals surface area contributed by atoms with Gasteiger partial charge in [-0.1, -0.05) is 29.8 Å². The van der Waals surface area contributed by atoms with Gasteiger partial charge >= 0.3 is 12.0 Å². The van der Waals surface area contributed by atoms with E-state index in [-0.39, 0.29) is 16.9 Å². The van der Waals surface area contributed by atoms with E-state index in [4.69, 9.17) is 15.1 Å². The lowest BCUT2D eigenvalue weighted by atomic mass is 10.0. The number of aromatic nitrogens is 2. The van der Waals surface area contributed by atoms with Crippen LogP contribution >= 0.6 is 0 Å². The smallest absolute Gasteiger partial charge is 0.422 e. The van der Waals surface area contributed by atoms with E-state index < -0.39 is 17.9 Å². The molecular formula is C27H21F3N4O4. The van der Waals surface area contributed by atoms with E-state index in [9.17, 15) is 22.8 Å². The molecule has 0 unspecified atom stereocenters. The Morgan fingerprint density at radius 2 is 1.76 bits per heavy atom. The molecule has 3 aromatic carbocycles. The molecule has 38 heavy (non-hydrogen) atoms. The van der Waals surface area contributed by atoms with E-state index in [0.29, 0.717) is 40.2 Å². The molecule has 3 N–H and O–H groups in total. The van der Waals surface area contributed by atoms with Crippen LogP contribution in [0, 0.1) is 13.8 Å². The third-order valence-corrected chi connectivity index (χ3v) is 6.09. The fourth-order valence-electron chi connectivity index (χ4n) is 4.25. The molecule has 0 aliphatic heterocycles. The number of imidazole rings is 1. The van der Waals surface area contributed by atoms with Crippen molar-refractivity contribution in [3.05, 3.63) is 93.3 Å². The van der Waals surface area contributed by atoms with Crippen molar-refractivity contribution < 1.29 is 27.1 Å². The summed E-state index contributed by atoms with van der Waals surface area (Å²) in [4.78, 5) is 28.9. The molecule has 0 aliphatic rings. The Kier molecular flexibility index (Phi) is 6.06. The number of benzene rings is 3. The highest BCUT2D eigenvalue weighted by molar-refractivity contribution is 6.01. The third-order valence-electron chi connectivity index (χ3n) is 6.09. The zero-order chi connectivity index (χ0) is 27.2. The zero-order valence-corrected chi connectivity index (χ0v) is 20.2. The maximum absolute atomic E-state index is 12.5. The molecule has 0 radical (unpaired) electrons. The van der Waals surface area contributed by atoms with Crippen LogP contribution in [0.2, 0.25) is 0 Å². The van der Waals surface area contributed by atoms with Crippen molar-refractivity contribution in [3.8, 4) is 5.75 Å². The molecule has 0 saturated heterocycles. The minimum Gasteiger partial charge on any atom is -0.422 e. The zero-order valence-electron chi connectivity index (χ0n) is 20.2. The number of anilines is 2. The number of carbonyl (C=O) groups is 1. The van der Waals surface area contributed by atoms with Crippen molar-refractivity contribution in [2.24, 2.45) is 5.73 Å². The minimum absolute atomic E-state index is 0.226. The van der Waals surface area contributed by atoms with E-state index in [0.717, 1.165) is 11.1 Å². The van der Waals surface area contributed by atoms with Crippen LogP contribution in [0.3, 0.4) is 0 Å². The summed E-state index contributed by atoms with van der Waals surface area (Å²) < 4.78 is 48.8. The van der Waals surface area contributed by atoms with E-state index >= 15 is 0 Å². The molecular weight excluding hydrogens is 501 g/mol. The van der Waals surface area contributed by atoms with Crippen molar-refractivity contribution in [2.45, 2.75) is 26.8 Å². The van der Waals surface area contributed by atoms with Crippen molar-refractivity contribution in [1.82, 2.24) is 9.55 Å². The average Bonchev–Trinajstić information content (AvgIpc) is 3.15. The van der Waals surface area contributed by atoms with E-state index in [1.165, 1.54) is 24.3 Å². The standard InChI is InChI=1S/C27H21F3N4O4/c1-14-3-5-16(6-4-14)13-34-21-12-22-19(15(2)23(24(31)35)25(36)37-22)11-20(21)33-26(34)32-17-7-9-18(10-8-17)38-27(28,29)30/h3-12H,13H2,1-2H3,(H2,31,35)(H,32,33). The number of aryl methyl sites for hydroxylation is 2. The van der Waals surface area contributed by atoms with Gasteiger partial charge < -0.3 is 24.8 Å². The quantitative estimate of drug-likeness (QED) is 0.283. The summed E-state index contributed by atoms with van der Waals surface area (Å²) in [6.07, 6.45) is -4.79. The fourth-order valence-corrected chi connectivity index (χ4v) is 4.25. The van der Waals surface area contributed by atoms with Crippen molar-refractivity contribution in [3.63, 3.8) is 0 Å². The second-order valence-electron chi connectivity index (χ2n) is 8.80. The van der Waals surface area contributed by atoms with Gasteiger partial charge in [0.15, 0.2) is 0 Å². The van der Waals surface area contributed by atoms with E-state index in [1.54, 1.807) is 19.1 Å². The maximum Gasteiger partial charge on any atom is 0.573 e. The van der Waals surface area contributed by atoms with Gasteiger partial charge in [0.25, 0.3) is 5.91 Å². The summed E-state index contributed by atoms with van der Waals surface area (Å²) in [5.74, 6) is -0.836. The number of hydrogen-bond donors (Lipinski definition) is 2. The van der Waals surface area contributed by atoms with Crippen LogP contribution in [0.25, 0.3) is 22.0 Å². The summed E-state index contributed by atoms with van der Waals surface area (Å²) in [6.45, 7) is 3.98. The van der Waals surface area contributed by atoms with E-state index in [1.807, 2.05) is 35.8 Å². The number of halogens is 3. The Balaban J connectivity index is 1.63. The molecule has 5 aromatic rings. The first-order chi connectivity index (χ1) is 18.0. The van der Waals surface area contributed by atoms with Gasteiger partial charge in [-0.15, -0.1) is 13.2 Å². The van der Waals surface area contributed by atoms with Gasteiger partial charge in [-0.25, -0.2) is 9.78 Å². The summed E-state index contributed by atoms with van der Waals surface area (Å²) >= 11 is 0. The fraction of sp³-hybridized carbons (Fsp3) is 0.148. The van der Waals surface area contributed by atoms with Gasteiger partial charge in [-0.2, -0.15) is 0 Å². The van der Waals surface area contributed by atoms with Gasteiger partial charge in [0.1, 0.15) is 16.9 Å². The van der Waals surface area contributed by atoms with Crippen LogP contribution in [0.5, 0.6) is 5.75 Å². The topological polar surface area (TPSA) is 112 Å². The Morgan fingerprint density at radius 3 is 2.39 bits per heavy atom. The van der Waals surface area contributed by atoms with Crippen LogP contribution in [0.15, 0.2) is 69.9 Å². The van der Waals surface area contributed by atoms with Crippen molar-refractivity contribution >= 4 is 39.5 Å². The van der Waals surface area contributed by atoms with Crippen molar-refractivity contribution in [1.29, 1.82) is 0 Å². The van der Waals surface area contributed by atoms with Gasteiger partial charge in [0, 0.05) is 17.1 Å². The molecule has 2 heterocycles. The highest BCUT2D eigenvalue weighted by Gasteiger charge is 2.31. The molecule has 0 aliphatic carbocycles. The SMILES string of the molecule is Cc1ccc(Cn2c(Nc3ccc(OC(F)(F)F)cc3)nc3cc4c(C)c(C(N)=O)c(=O)oc4cc32)cc1. The van der Waals surface area contributed by atoms with Crippen LogP contribution in [0.4, 0.5) is 24.8 Å². The number of hydrogen-bond acceptors (Lipinski definition) is 6. The monoisotopic (exact) mass is 522 g/mol. The number of nitrogens with zero attached hydrogens (tertiary/aromatic N) is 2. The third kappa shape index (κ3) is 4.90. The molecule has 0 fully saturated rings. The largest absolute Gasteiger partial charge is 0.573 e. The van der Waals surface area contributed by atoms with Gasteiger partial charge in [-0.05, 0) is 55.3 Å². The number of primary amides is 1. The number of nitrogens with two attached hydrogens (primary N) is 1. The first-order valence-electron chi connectivity index (χ1n) is 11.4. The molecule has 1 amide bonds. The maximum atomic E-state index is 12.5. The molecule has 0 atom stereocenters. The summed E-state index contributed by atoms with van der Waals surface area (Å²) in [5.41, 5.74) is 8.67. The van der Waals surface area contributed by atoms with Crippen LogP contribution in [-0.4, -0.2) is 21.8 Å². The Hall–Kier alpha value is -4.80. The summed E-state index contributed by atoms with van der Waals surface area (Å²) in [7, 11) is 0. The first kappa shape index (κ1) is 24.9. The lowest BCUT2D eigenvalue weighted by Gasteiger charge is -2.13. The molecule has 194 valence electrons. The second kappa shape index (κ2) is 9.25. The highest BCUT2D eigenvalue weighted by Crippen LogP contribution is 2.31. The number of ether oxygens (including phenoxy) is 1. The number of carbonyl (C=O) groups excluding carboxylic acids is 1. The molecule has 5 rings (SSSR count). The second-order valence-corrected chi connectivity index (χ2v) is 8.80. The van der Waals surface area contributed by atoms with Crippen LogP contribution in [0.1, 0.15) is 27.0 Å². The minimum atomic E-state index is -4.79. The Bertz CT molecular complexity index is 1740. The lowest BCUT2D eigenvalue weighted by molar-refractivity contribution is -0.274. The molecule has 0 spiro atoms. The van der Waals surface area contributed by atoms with Gasteiger partial charge in [0.05, 0.1) is 17.6 Å². The van der Waals surface area contributed by atoms with E-state index in [2.05, 4.69) is 10.1 Å². The molecule has 8 nitrogen and oxygen atoms in total. The number of fused-ring (bicyclic) bond motifs is 2. The number of alkyl halides is 3. The molecule has 0 saturated carbocycles. The average molecular weight is 522 g/mol.